The van der Waals surface area contributed by atoms with E-state index in [1.54, 1.807) is 30.0 Å². The van der Waals surface area contributed by atoms with Crippen LogP contribution >= 0.6 is 23.4 Å². The van der Waals surface area contributed by atoms with Crippen LogP contribution in [0, 0.1) is 0 Å². The van der Waals surface area contributed by atoms with Crippen molar-refractivity contribution in [3.63, 3.8) is 0 Å². The molecule has 26 heavy (non-hydrogen) atoms. The first-order chi connectivity index (χ1) is 12.5. The third-order valence-electron chi connectivity index (χ3n) is 3.36. The number of hydrazone groups is 1. The topological polar surface area (TPSA) is 70.9 Å². The van der Waals surface area contributed by atoms with Gasteiger partial charge in [-0.05, 0) is 60.2 Å². The minimum absolute atomic E-state index is 0.0648. The molecule has 2 aromatic carbocycles. The molecule has 0 radical (unpaired) electrons. The van der Waals surface area contributed by atoms with Gasteiger partial charge in [0.2, 0.25) is 5.91 Å². The Labute approximate surface area is 162 Å². The van der Waals surface area contributed by atoms with Crippen molar-refractivity contribution in [2.45, 2.75) is 25.2 Å². The number of phenolic OH excluding ortho intramolecular Hbond substituents is 1. The molecule has 0 bridgehead atoms. The van der Waals surface area contributed by atoms with Crippen LogP contribution in [0.5, 0.6) is 11.5 Å². The molecule has 0 atom stereocenters. The number of thioether (sulfide) groups is 1. The third-order valence-corrected chi connectivity index (χ3v) is 4.59. The van der Waals surface area contributed by atoms with E-state index in [1.165, 1.54) is 12.3 Å². The first-order valence-corrected chi connectivity index (χ1v) is 9.58. The maximum atomic E-state index is 12.2. The Morgan fingerprint density at radius 2 is 2.12 bits per heavy atom. The van der Waals surface area contributed by atoms with E-state index < -0.39 is 0 Å². The normalized spacial score (nSPS) is 10.9. The monoisotopic (exact) mass is 392 g/mol. The molecule has 5 nitrogen and oxygen atoms in total. The Bertz CT molecular complexity index is 796. The minimum Gasteiger partial charge on any atom is -0.504 e. The molecule has 0 unspecified atom stereocenters. The number of rotatable bonds is 8. The molecule has 138 valence electrons. The van der Waals surface area contributed by atoms with Gasteiger partial charge >= 0.3 is 0 Å². The van der Waals surface area contributed by atoms with Gasteiger partial charge in [-0.15, -0.1) is 11.8 Å². The number of hydrogen-bond acceptors (Lipinski definition) is 5. The molecule has 0 aliphatic heterocycles. The number of carbonyl (C=O) groups excluding carboxylic acids is 1. The molecule has 0 aromatic heterocycles. The SMILES string of the molecule is CCOc1cc(/C=N\NC(=O)Cc2cc(Cl)ccc2SCC)ccc1O. The zero-order chi connectivity index (χ0) is 18.9. The van der Waals surface area contributed by atoms with E-state index in [2.05, 4.69) is 17.5 Å². The highest BCUT2D eigenvalue weighted by Crippen LogP contribution is 2.27. The molecule has 0 heterocycles. The zero-order valence-electron chi connectivity index (χ0n) is 14.7. The van der Waals surface area contributed by atoms with Crippen LogP contribution in [0.2, 0.25) is 5.02 Å². The second-order valence-corrected chi connectivity index (χ2v) is 7.06. The van der Waals surface area contributed by atoms with Crippen molar-refractivity contribution < 1.29 is 14.6 Å². The van der Waals surface area contributed by atoms with Gasteiger partial charge in [0, 0.05) is 9.92 Å². The zero-order valence-corrected chi connectivity index (χ0v) is 16.2. The van der Waals surface area contributed by atoms with Crippen molar-refractivity contribution in [1.29, 1.82) is 0 Å². The van der Waals surface area contributed by atoms with Crippen LogP contribution < -0.4 is 10.2 Å². The summed E-state index contributed by atoms with van der Waals surface area (Å²) in [7, 11) is 0. The Morgan fingerprint density at radius 1 is 1.31 bits per heavy atom. The van der Waals surface area contributed by atoms with E-state index in [-0.39, 0.29) is 18.1 Å². The molecule has 2 N–H and O–H groups in total. The lowest BCUT2D eigenvalue weighted by molar-refractivity contribution is -0.120. The van der Waals surface area contributed by atoms with Gasteiger partial charge in [-0.25, -0.2) is 5.43 Å². The summed E-state index contributed by atoms with van der Waals surface area (Å²) in [5.74, 6) is 1.13. The first-order valence-electron chi connectivity index (χ1n) is 8.22. The van der Waals surface area contributed by atoms with E-state index >= 15 is 0 Å². The van der Waals surface area contributed by atoms with Crippen LogP contribution in [0.1, 0.15) is 25.0 Å². The molecule has 0 saturated carbocycles. The molecule has 0 saturated heterocycles. The maximum Gasteiger partial charge on any atom is 0.244 e. The third kappa shape index (κ3) is 5.97. The van der Waals surface area contributed by atoms with Crippen LogP contribution in [-0.2, 0) is 11.2 Å². The summed E-state index contributed by atoms with van der Waals surface area (Å²) in [6.45, 7) is 4.34. The molecular formula is C19H21ClN2O3S. The van der Waals surface area contributed by atoms with Crippen molar-refractivity contribution in [2.75, 3.05) is 12.4 Å². The van der Waals surface area contributed by atoms with Crippen molar-refractivity contribution in [1.82, 2.24) is 5.43 Å². The highest BCUT2D eigenvalue weighted by molar-refractivity contribution is 7.99. The fourth-order valence-electron chi connectivity index (χ4n) is 2.26. The molecule has 0 aliphatic rings. The summed E-state index contributed by atoms with van der Waals surface area (Å²) in [5.41, 5.74) is 4.09. The number of hydrogen-bond donors (Lipinski definition) is 2. The fraction of sp³-hybridized carbons (Fsp3) is 0.263. The number of carbonyl (C=O) groups is 1. The standard InChI is InChI=1S/C19H21ClN2O3S/c1-3-25-17-9-13(5-7-16(17)23)12-21-22-19(24)11-14-10-15(20)6-8-18(14)26-4-2/h5-10,12,23H,3-4,11H2,1-2H3,(H,22,24)/b21-12-. The molecule has 0 aliphatic carbocycles. The van der Waals surface area contributed by atoms with Gasteiger partial charge in [0.05, 0.1) is 19.2 Å². The number of aromatic hydroxyl groups is 1. The lowest BCUT2D eigenvalue weighted by Gasteiger charge is -2.08. The second kappa shape index (κ2) is 10.1. The smallest absolute Gasteiger partial charge is 0.244 e. The van der Waals surface area contributed by atoms with Gasteiger partial charge < -0.3 is 9.84 Å². The van der Waals surface area contributed by atoms with Crippen LogP contribution in [0.15, 0.2) is 46.4 Å². The maximum absolute atomic E-state index is 12.2. The Balaban J connectivity index is 2.00. The minimum atomic E-state index is -0.231. The van der Waals surface area contributed by atoms with Crippen LogP contribution in [-0.4, -0.2) is 29.6 Å². The predicted octanol–water partition coefficient (Wildman–Crippen LogP) is 4.25. The van der Waals surface area contributed by atoms with E-state index in [9.17, 15) is 9.90 Å². The molecule has 0 spiro atoms. The highest BCUT2D eigenvalue weighted by Gasteiger charge is 2.09. The van der Waals surface area contributed by atoms with Gasteiger partial charge in [-0.3, -0.25) is 4.79 Å². The number of nitrogens with one attached hydrogen (secondary N) is 1. The predicted molar refractivity (Wildman–Crippen MR) is 107 cm³/mol. The van der Waals surface area contributed by atoms with Gasteiger partial charge in [0.1, 0.15) is 0 Å². The number of halogens is 1. The average molecular weight is 393 g/mol. The first kappa shape index (κ1) is 20.1. The molecule has 0 fully saturated rings. The number of amides is 1. The summed E-state index contributed by atoms with van der Waals surface area (Å²) in [6, 6.07) is 10.4. The van der Waals surface area contributed by atoms with Gasteiger partial charge in [0.25, 0.3) is 0 Å². The second-order valence-electron chi connectivity index (χ2n) is 5.32. The van der Waals surface area contributed by atoms with Crippen molar-refractivity contribution in [3.8, 4) is 11.5 Å². The van der Waals surface area contributed by atoms with Gasteiger partial charge in [-0.1, -0.05) is 18.5 Å². The van der Waals surface area contributed by atoms with Crippen LogP contribution in [0.4, 0.5) is 0 Å². The molecule has 2 aromatic rings. The van der Waals surface area contributed by atoms with E-state index in [0.717, 1.165) is 16.2 Å². The fourth-order valence-corrected chi connectivity index (χ4v) is 3.24. The summed E-state index contributed by atoms with van der Waals surface area (Å²) < 4.78 is 5.32. The van der Waals surface area contributed by atoms with Crippen molar-refractivity contribution >= 4 is 35.5 Å². The Morgan fingerprint density at radius 3 is 2.85 bits per heavy atom. The highest BCUT2D eigenvalue weighted by atomic mass is 35.5. The van der Waals surface area contributed by atoms with Crippen molar-refractivity contribution in [2.24, 2.45) is 5.10 Å². The molecule has 1 amide bonds. The molecule has 7 heteroatoms. The number of nitrogens with zero attached hydrogens (tertiary/aromatic N) is 1. The van der Waals surface area contributed by atoms with Crippen LogP contribution in [0.3, 0.4) is 0 Å². The van der Waals surface area contributed by atoms with Gasteiger partial charge in [-0.2, -0.15) is 5.10 Å². The Kier molecular flexibility index (Phi) is 7.81. The summed E-state index contributed by atoms with van der Waals surface area (Å²) in [5, 5.41) is 14.3. The van der Waals surface area contributed by atoms with E-state index in [1.807, 2.05) is 19.1 Å². The van der Waals surface area contributed by atoms with Crippen molar-refractivity contribution in [3.05, 3.63) is 52.5 Å². The van der Waals surface area contributed by atoms with Crippen LogP contribution in [0.25, 0.3) is 0 Å². The molecule has 2 rings (SSSR count). The largest absolute Gasteiger partial charge is 0.504 e. The number of ether oxygens (including phenoxy) is 1. The number of phenols is 1. The lowest BCUT2D eigenvalue weighted by Crippen LogP contribution is -2.20. The van der Waals surface area contributed by atoms with Gasteiger partial charge in [0.15, 0.2) is 11.5 Å². The summed E-state index contributed by atoms with van der Waals surface area (Å²) >= 11 is 7.70. The summed E-state index contributed by atoms with van der Waals surface area (Å²) in [4.78, 5) is 13.2. The quantitative estimate of drug-likeness (QED) is 0.400. The average Bonchev–Trinajstić information content (AvgIpc) is 2.60. The van der Waals surface area contributed by atoms with E-state index in [4.69, 9.17) is 16.3 Å². The molecular weight excluding hydrogens is 372 g/mol. The van der Waals surface area contributed by atoms with E-state index in [0.29, 0.717) is 22.9 Å². The lowest BCUT2D eigenvalue weighted by atomic mass is 10.1. The summed E-state index contributed by atoms with van der Waals surface area (Å²) in [6.07, 6.45) is 1.69. The number of benzene rings is 2. The Hall–Kier alpha value is -2.18.